The van der Waals surface area contributed by atoms with Crippen molar-refractivity contribution in [1.82, 2.24) is 26.6 Å². The molecule has 0 radical (unpaired) electrons. The lowest BCUT2D eigenvalue weighted by molar-refractivity contribution is -0.129. The topological polar surface area (TPSA) is 187 Å². The van der Waals surface area contributed by atoms with Gasteiger partial charge in [-0.05, 0) is 52.8 Å². The number of nitrogens with one attached hydrogen (secondary N) is 5. The number of nitrogens with two attached hydrogens (primary N) is 1. The van der Waals surface area contributed by atoms with E-state index in [0.29, 0.717) is 6.42 Å². The third-order valence-electron chi connectivity index (χ3n) is 8.98. The van der Waals surface area contributed by atoms with Crippen molar-refractivity contribution in [2.24, 2.45) is 10.7 Å². The standard InChI is InChI=1S/C44H47N7O5/c45-43(51-44(56)48-29-28-46-41(54)38(32-14-5-1-6-15-32)33-16-7-2-8-17-33)47-27-13-22-37(40(53)49-30-31-23-25-36(52)26-24-31)50-42(55)39(34-18-9-3-10-19-34)35-20-11-4-12-21-35/h1-12,14-21,23-26,37-39,52H,13,22,27-30H2,(H,46,54)(H,49,53)(H,50,55)(H4,45,47,48,51,56)/t37-/m1/s1. The van der Waals surface area contributed by atoms with Crippen molar-refractivity contribution in [1.29, 1.82) is 0 Å². The molecule has 1 atom stereocenters. The molecule has 5 rings (SSSR count). The molecule has 0 saturated heterocycles. The summed E-state index contributed by atoms with van der Waals surface area (Å²) < 4.78 is 0. The first-order chi connectivity index (χ1) is 27.3. The predicted molar refractivity (Wildman–Crippen MR) is 217 cm³/mol. The highest BCUT2D eigenvalue weighted by Gasteiger charge is 2.28. The molecule has 0 aromatic heterocycles. The Labute approximate surface area is 326 Å². The van der Waals surface area contributed by atoms with Gasteiger partial charge in [0.2, 0.25) is 17.7 Å². The molecule has 8 N–H and O–H groups in total. The van der Waals surface area contributed by atoms with Crippen molar-refractivity contribution in [2.45, 2.75) is 37.3 Å². The summed E-state index contributed by atoms with van der Waals surface area (Å²) in [6.07, 6.45) is 0.595. The number of guanidine groups is 1. The first-order valence-corrected chi connectivity index (χ1v) is 18.5. The average Bonchev–Trinajstić information content (AvgIpc) is 3.22. The second-order valence-electron chi connectivity index (χ2n) is 13.0. The highest BCUT2D eigenvalue weighted by molar-refractivity contribution is 5.95. The van der Waals surface area contributed by atoms with Crippen molar-refractivity contribution in [3.63, 3.8) is 0 Å². The molecule has 56 heavy (non-hydrogen) atoms. The maximum atomic E-state index is 13.9. The largest absolute Gasteiger partial charge is 0.508 e. The van der Waals surface area contributed by atoms with Crippen LogP contribution in [-0.4, -0.2) is 60.5 Å². The Morgan fingerprint density at radius 3 is 1.54 bits per heavy atom. The lowest BCUT2D eigenvalue weighted by Gasteiger charge is -2.23. The van der Waals surface area contributed by atoms with Crippen LogP contribution in [0.25, 0.3) is 0 Å². The van der Waals surface area contributed by atoms with Crippen LogP contribution in [0.3, 0.4) is 0 Å². The molecule has 0 aliphatic heterocycles. The van der Waals surface area contributed by atoms with Gasteiger partial charge < -0.3 is 32.1 Å². The summed E-state index contributed by atoms with van der Waals surface area (Å²) in [5.74, 6) is -2.06. The fraction of sp³-hybridized carbons (Fsp3) is 0.205. The van der Waals surface area contributed by atoms with E-state index >= 15 is 0 Å². The number of aromatic hydroxyl groups is 1. The molecule has 0 spiro atoms. The van der Waals surface area contributed by atoms with Crippen LogP contribution in [0.15, 0.2) is 151 Å². The van der Waals surface area contributed by atoms with Gasteiger partial charge in [-0.25, -0.2) is 4.79 Å². The minimum Gasteiger partial charge on any atom is -0.508 e. The quantitative estimate of drug-likeness (QED) is 0.0411. The van der Waals surface area contributed by atoms with Crippen LogP contribution in [-0.2, 0) is 20.9 Å². The van der Waals surface area contributed by atoms with Gasteiger partial charge >= 0.3 is 6.03 Å². The van der Waals surface area contributed by atoms with E-state index in [1.54, 1.807) is 12.1 Å². The van der Waals surface area contributed by atoms with Gasteiger partial charge in [0.15, 0.2) is 5.96 Å². The number of amides is 5. The highest BCUT2D eigenvalue weighted by atomic mass is 16.3. The predicted octanol–water partition coefficient (Wildman–Crippen LogP) is 4.67. The highest BCUT2D eigenvalue weighted by Crippen LogP contribution is 2.26. The van der Waals surface area contributed by atoms with Gasteiger partial charge in [-0.3, -0.25) is 24.7 Å². The van der Waals surface area contributed by atoms with Crippen molar-refractivity contribution < 1.29 is 24.3 Å². The van der Waals surface area contributed by atoms with Crippen LogP contribution >= 0.6 is 0 Å². The van der Waals surface area contributed by atoms with Crippen LogP contribution in [0.5, 0.6) is 5.75 Å². The van der Waals surface area contributed by atoms with Crippen molar-refractivity contribution in [3.8, 4) is 5.75 Å². The van der Waals surface area contributed by atoms with Crippen molar-refractivity contribution in [2.75, 3.05) is 19.6 Å². The Morgan fingerprint density at radius 2 is 1.04 bits per heavy atom. The Kier molecular flexibility index (Phi) is 15.1. The molecular weight excluding hydrogens is 707 g/mol. The van der Waals surface area contributed by atoms with Crippen LogP contribution < -0.4 is 32.3 Å². The van der Waals surface area contributed by atoms with Crippen LogP contribution in [0.4, 0.5) is 4.79 Å². The summed E-state index contributed by atoms with van der Waals surface area (Å²) in [5.41, 5.74) is 10.1. The van der Waals surface area contributed by atoms with Crippen molar-refractivity contribution >= 4 is 29.7 Å². The Balaban J connectivity index is 1.13. The molecule has 0 unspecified atom stereocenters. The van der Waals surface area contributed by atoms with E-state index in [1.165, 1.54) is 12.1 Å². The van der Waals surface area contributed by atoms with Crippen molar-refractivity contribution in [3.05, 3.63) is 173 Å². The number of hydrogen-bond acceptors (Lipinski definition) is 6. The monoisotopic (exact) mass is 753 g/mol. The van der Waals surface area contributed by atoms with E-state index in [2.05, 4.69) is 31.6 Å². The summed E-state index contributed by atoms with van der Waals surface area (Å²) in [7, 11) is 0. The molecular formula is C44H47N7O5. The zero-order chi connectivity index (χ0) is 39.5. The average molecular weight is 754 g/mol. The molecule has 5 amide bonds. The lowest BCUT2D eigenvalue weighted by Crippen LogP contribution is -2.48. The molecule has 0 fully saturated rings. The van der Waals surface area contributed by atoms with Gasteiger partial charge in [0, 0.05) is 26.2 Å². The Morgan fingerprint density at radius 1 is 0.571 bits per heavy atom. The number of phenols is 1. The second kappa shape index (κ2) is 21.1. The number of carbonyl (C=O) groups excluding carboxylic acids is 4. The van der Waals surface area contributed by atoms with E-state index in [9.17, 15) is 24.3 Å². The molecule has 5 aromatic carbocycles. The molecule has 0 bridgehead atoms. The second-order valence-corrected chi connectivity index (χ2v) is 13.0. The summed E-state index contributed by atoms with van der Waals surface area (Å²) in [4.78, 5) is 57.4. The third-order valence-corrected chi connectivity index (χ3v) is 8.98. The van der Waals surface area contributed by atoms with Gasteiger partial charge in [0.25, 0.3) is 0 Å². The van der Waals surface area contributed by atoms with Gasteiger partial charge in [-0.2, -0.15) is 0 Å². The number of phenolic OH excluding ortho intramolecular Hbond substituents is 1. The Hall–Kier alpha value is -6.95. The summed E-state index contributed by atoms with van der Waals surface area (Å²) in [5, 5.41) is 23.5. The number of hydrogen-bond donors (Lipinski definition) is 7. The van der Waals surface area contributed by atoms with E-state index in [-0.39, 0.29) is 62.0 Å². The van der Waals surface area contributed by atoms with Gasteiger partial charge in [0.05, 0.1) is 11.8 Å². The fourth-order valence-electron chi connectivity index (χ4n) is 6.18. The van der Waals surface area contributed by atoms with Crippen LogP contribution in [0, 0.1) is 0 Å². The lowest BCUT2D eigenvalue weighted by atomic mass is 9.90. The summed E-state index contributed by atoms with van der Waals surface area (Å²) in [6.45, 7) is 0.702. The number of aliphatic imine (C=N–C) groups is 1. The summed E-state index contributed by atoms with van der Waals surface area (Å²) in [6, 6.07) is 42.7. The minimum absolute atomic E-state index is 0.116. The van der Waals surface area contributed by atoms with E-state index in [1.807, 2.05) is 121 Å². The molecule has 0 heterocycles. The first kappa shape index (κ1) is 40.2. The van der Waals surface area contributed by atoms with Crippen LogP contribution in [0.2, 0.25) is 0 Å². The number of carbonyl (C=O) groups is 4. The SMILES string of the molecule is NC(=NCCC[C@@H](NC(=O)C(c1ccccc1)c1ccccc1)C(=O)NCc1ccc(O)cc1)NC(=O)NCCNC(=O)C(c1ccccc1)c1ccccc1. The first-order valence-electron chi connectivity index (χ1n) is 18.5. The Bertz CT molecular complexity index is 1950. The molecule has 0 aliphatic rings. The third kappa shape index (κ3) is 12.3. The molecule has 12 heteroatoms. The van der Waals surface area contributed by atoms with E-state index in [0.717, 1.165) is 27.8 Å². The van der Waals surface area contributed by atoms with Gasteiger partial charge in [0.1, 0.15) is 11.8 Å². The number of urea groups is 1. The number of rotatable bonds is 17. The molecule has 12 nitrogen and oxygen atoms in total. The zero-order valence-electron chi connectivity index (χ0n) is 30.9. The molecule has 0 saturated carbocycles. The molecule has 5 aromatic rings. The summed E-state index contributed by atoms with van der Waals surface area (Å²) >= 11 is 0. The zero-order valence-corrected chi connectivity index (χ0v) is 30.9. The van der Waals surface area contributed by atoms with E-state index in [4.69, 9.17) is 5.73 Å². The normalized spacial score (nSPS) is 11.7. The van der Waals surface area contributed by atoms with Gasteiger partial charge in [-0.1, -0.05) is 133 Å². The van der Waals surface area contributed by atoms with Gasteiger partial charge in [-0.15, -0.1) is 0 Å². The molecule has 0 aliphatic carbocycles. The smallest absolute Gasteiger partial charge is 0.321 e. The maximum Gasteiger partial charge on any atom is 0.321 e. The fourth-order valence-corrected chi connectivity index (χ4v) is 6.18. The molecule has 288 valence electrons. The maximum absolute atomic E-state index is 13.9. The number of nitrogens with zero attached hydrogens (tertiary/aromatic N) is 1. The van der Waals surface area contributed by atoms with Crippen LogP contribution in [0.1, 0.15) is 52.5 Å². The van der Waals surface area contributed by atoms with E-state index < -0.39 is 23.9 Å². The minimum atomic E-state index is -0.902. The number of benzene rings is 5.